The molecule has 4 aromatic rings. The predicted octanol–water partition coefficient (Wildman–Crippen LogP) is 5.21. The first-order valence-electron chi connectivity index (χ1n) is 12.4. The number of fused-ring (bicyclic) bond motifs is 1. The topological polar surface area (TPSA) is 67.5 Å². The van der Waals surface area contributed by atoms with Crippen LogP contribution in [0, 0.1) is 17.8 Å². The number of ether oxygens (including phenoxy) is 1. The minimum atomic E-state index is 0.381. The second-order valence-electron chi connectivity index (χ2n) is 9.10. The number of nitrogens with two attached hydrogens (primary N) is 1. The largest absolute Gasteiger partial charge is 0.457 e. The molecule has 0 aliphatic carbocycles. The zero-order valence-corrected chi connectivity index (χ0v) is 20.6. The van der Waals surface area contributed by atoms with Crippen molar-refractivity contribution in [3.05, 3.63) is 84.7 Å². The molecule has 182 valence electrons. The van der Waals surface area contributed by atoms with E-state index in [1.54, 1.807) is 6.33 Å². The fraction of sp³-hybridized carbons (Fsp3) is 0.267. The Morgan fingerprint density at radius 1 is 1.03 bits per heavy atom. The first kappa shape index (κ1) is 23.8. The summed E-state index contributed by atoms with van der Waals surface area (Å²) in [6.45, 7) is 3.76. The maximum atomic E-state index is 5.93. The van der Waals surface area contributed by atoms with Crippen LogP contribution in [-0.2, 0) is 0 Å². The molecule has 0 spiro atoms. The van der Waals surface area contributed by atoms with Gasteiger partial charge in [-0.1, -0.05) is 30.0 Å². The Balaban J connectivity index is 1.36. The lowest BCUT2D eigenvalue weighted by Crippen LogP contribution is -2.38. The van der Waals surface area contributed by atoms with Crippen molar-refractivity contribution in [3.8, 4) is 23.3 Å². The van der Waals surface area contributed by atoms with E-state index in [1.807, 2.05) is 73.8 Å². The van der Waals surface area contributed by atoms with Gasteiger partial charge in [-0.05, 0) is 74.0 Å². The maximum absolute atomic E-state index is 5.93. The van der Waals surface area contributed by atoms with Crippen LogP contribution in [0.25, 0.3) is 10.9 Å². The number of aromatic nitrogens is 2. The number of hydrogen-bond acceptors (Lipinski definition) is 6. The first-order valence-corrected chi connectivity index (χ1v) is 12.4. The van der Waals surface area contributed by atoms with Crippen LogP contribution in [0.15, 0.2) is 79.1 Å². The summed E-state index contributed by atoms with van der Waals surface area (Å²) >= 11 is 0. The Morgan fingerprint density at radius 3 is 2.64 bits per heavy atom. The molecule has 1 aliphatic rings. The molecule has 0 radical (unpaired) electrons. The molecule has 2 heterocycles. The van der Waals surface area contributed by atoms with Crippen molar-refractivity contribution in [3.63, 3.8) is 0 Å². The van der Waals surface area contributed by atoms with Gasteiger partial charge in [0, 0.05) is 49.2 Å². The average molecular weight is 478 g/mol. The van der Waals surface area contributed by atoms with Gasteiger partial charge >= 0.3 is 0 Å². The summed E-state index contributed by atoms with van der Waals surface area (Å²) < 4.78 is 5.93. The zero-order valence-electron chi connectivity index (χ0n) is 20.6. The van der Waals surface area contributed by atoms with Gasteiger partial charge in [-0.25, -0.2) is 9.97 Å². The van der Waals surface area contributed by atoms with Crippen molar-refractivity contribution >= 4 is 22.4 Å². The highest BCUT2D eigenvalue weighted by molar-refractivity contribution is 5.92. The van der Waals surface area contributed by atoms with Gasteiger partial charge in [-0.3, -0.25) is 0 Å². The third-order valence-corrected chi connectivity index (χ3v) is 6.51. The second kappa shape index (κ2) is 11.2. The quantitative estimate of drug-likeness (QED) is 0.385. The Kier molecular flexibility index (Phi) is 7.41. The minimum absolute atomic E-state index is 0.381. The van der Waals surface area contributed by atoms with Crippen LogP contribution in [-0.4, -0.2) is 48.1 Å². The molecule has 1 atom stereocenters. The number of benzene rings is 3. The van der Waals surface area contributed by atoms with E-state index in [9.17, 15) is 0 Å². The Bertz CT molecular complexity index is 1360. The molecule has 1 fully saturated rings. The molecule has 1 saturated heterocycles. The Labute approximate surface area is 212 Å². The molecular weight excluding hydrogens is 446 g/mol. The summed E-state index contributed by atoms with van der Waals surface area (Å²) in [6, 6.07) is 24.0. The zero-order chi connectivity index (χ0) is 24.7. The van der Waals surface area contributed by atoms with Crippen LogP contribution in [0.1, 0.15) is 18.4 Å². The first-order chi connectivity index (χ1) is 17.7. The summed E-state index contributed by atoms with van der Waals surface area (Å²) in [5.74, 6) is 9.73. The van der Waals surface area contributed by atoms with Gasteiger partial charge in [0.2, 0.25) is 0 Å². The van der Waals surface area contributed by atoms with E-state index < -0.39 is 0 Å². The monoisotopic (exact) mass is 477 g/mol. The van der Waals surface area contributed by atoms with Crippen molar-refractivity contribution in [2.75, 3.05) is 38.1 Å². The molecule has 1 aromatic heterocycles. The van der Waals surface area contributed by atoms with E-state index in [2.05, 4.69) is 37.7 Å². The molecule has 0 bridgehead atoms. The van der Waals surface area contributed by atoms with Crippen molar-refractivity contribution < 1.29 is 4.74 Å². The van der Waals surface area contributed by atoms with E-state index >= 15 is 0 Å². The van der Waals surface area contributed by atoms with Gasteiger partial charge in [-0.15, -0.1) is 0 Å². The average Bonchev–Trinajstić information content (AvgIpc) is 2.92. The lowest BCUT2D eigenvalue weighted by Gasteiger charge is -2.29. The highest BCUT2D eigenvalue weighted by Gasteiger charge is 2.17. The standard InChI is InChI=1S/C30H31N5O/c1-34(25-12-14-27(15-13-25)36-26-7-3-2-4-8-26)30-28-20-23(11-16-29(28)32-22-33-30)9-10-24-6-5-18-35(21-24)19-17-31/h2-4,7-8,11-16,20,22,24H,5-6,17-19,21,31H2,1H3. The number of anilines is 2. The van der Waals surface area contributed by atoms with Gasteiger partial charge in [0.1, 0.15) is 23.6 Å². The summed E-state index contributed by atoms with van der Waals surface area (Å²) in [6.07, 6.45) is 3.93. The number of hydrogen-bond donors (Lipinski definition) is 1. The number of likely N-dealkylation sites (tertiary alicyclic amines) is 1. The van der Waals surface area contributed by atoms with Crippen LogP contribution in [0.3, 0.4) is 0 Å². The minimum Gasteiger partial charge on any atom is -0.457 e. The van der Waals surface area contributed by atoms with Crippen LogP contribution < -0.4 is 15.4 Å². The molecule has 1 aliphatic heterocycles. The van der Waals surface area contributed by atoms with Crippen LogP contribution >= 0.6 is 0 Å². The highest BCUT2D eigenvalue weighted by atomic mass is 16.5. The van der Waals surface area contributed by atoms with Crippen molar-refractivity contribution in [1.29, 1.82) is 0 Å². The maximum Gasteiger partial charge on any atom is 0.144 e. The molecule has 1 unspecified atom stereocenters. The molecule has 5 rings (SSSR count). The molecule has 2 N–H and O–H groups in total. The third kappa shape index (κ3) is 5.65. The van der Waals surface area contributed by atoms with E-state index in [0.717, 1.165) is 65.5 Å². The Hall–Kier alpha value is -3.92. The number of rotatable bonds is 6. The van der Waals surface area contributed by atoms with Gasteiger partial charge in [0.05, 0.1) is 5.52 Å². The van der Waals surface area contributed by atoms with Crippen molar-refractivity contribution in [2.45, 2.75) is 12.8 Å². The molecule has 36 heavy (non-hydrogen) atoms. The van der Waals surface area contributed by atoms with E-state index in [1.165, 1.54) is 6.42 Å². The summed E-state index contributed by atoms with van der Waals surface area (Å²) in [5, 5.41) is 0.977. The molecule has 0 amide bonds. The number of para-hydroxylation sites is 1. The van der Waals surface area contributed by atoms with E-state index in [-0.39, 0.29) is 0 Å². The lowest BCUT2D eigenvalue weighted by molar-refractivity contribution is 0.206. The van der Waals surface area contributed by atoms with Crippen LogP contribution in [0.2, 0.25) is 0 Å². The van der Waals surface area contributed by atoms with Crippen LogP contribution in [0.4, 0.5) is 11.5 Å². The molecule has 3 aromatic carbocycles. The Morgan fingerprint density at radius 2 is 1.83 bits per heavy atom. The van der Waals surface area contributed by atoms with Crippen molar-refractivity contribution in [2.24, 2.45) is 11.7 Å². The second-order valence-corrected chi connectivity index (χ2v) is 9.10. The molecule has 6 nitrogen and oxygen atoms in total. The molecule has 6 heteroatoms. The summed E-state index contributed by atoms with van der Waals surface area (Å²) in [4.78, 5) is 13.6. The summed E-state index contributed by atoms with van der Waals surface area (Å²) in [5.41, 5.74) is 8.63. The van der Waals surface area contributed by atoms with Gasteiger partial charge in [0.15, 0.2) is 0 Å². The lowest BCUT2D eigenvalue weighted by atomic mass is 9.98. The fourth-order valence-corrected chi connectivity index (χ4v) is 4.62. The van der Waals surface area contributed by atoms with E-state index in [0.29, 0.717) is 12.5 Å². The highest BCUT2D eigenvalue weighted by Crippen LogP contribution is 2.31. The normalized spacial score (nSPS) is 15.8. The number of nitrogens with zero attached hydrogens (tertiary/aromatic N) is 4. The van der Waals surface area contributed by atoms with Gasteiger partial charge in [-0.2, -0.15) is 0 Å². The number of piperidine rings is 1. The predicted molar refractivity (Wildman–Crippen MR) is 146 cm³/mol. The van der Waals surface area contributed by atoms with Gasteiger partial charge in [0.25, 0.3) is 0 Å². The molecule has 0 saturated carbocycles. The SMILES string of the molecule is CN(c1ccc(Oc2ccccc2)cc1)c1ncnc2ccc(C#CC3CCCN(CCN)C3)cc12. The van der Waals surface area contributed by atoms with Gasteiger partial charge < -0.3 is 20.3 Å². The smallest absolute Gasteiger partial charge is 0.144 e. The van der Waals surface area contributed by atoms with Crippen LogP contribution in [0.5, 0.6) is 11.5 Å². The third-order valence-electron chi connectivity index (χ3n) is 6.51. The van der Waals surface area contributed by atoms with Crippen molar-refractivity contribution in [1.82, 2.24) is 14.9 Å². The molecular formula is C30H31N5O. The van der Waals surface area contributed by atoms with E-state index in [4.69, 9.17) is 10.5 Å². The fourth-order valence-electron chi connectivity index (χ4n) is 4.62. The summed E-state index contributed by atoms with van der Waals surface area (Å²) in [7, 11) is 2.02.